The molecule has 0 saturated carbocycles. The van der Waals surface area contributed by atoms with E-state index in [-0.39, 0.29) is 108 Å². The highest BCUT2D eigenvalue weighted by Gasteiger charge is 2.17. The summed E-state index contributed by atoms with van der Waals surface area (Å²) >= 11 is 0. The highest BCUT2D eigenvalue weighted by molar-refractivity contribution is 6.05. The summed E-state index contributed by atoms with van der Waals surface area (Å²) in [4.78, 5) is 142. The summed E-state index contributed by atoms with van der Waals surface area (Å²) in [6, 6.07) is 8.74. The van der Waals surface area contributed by atoms with Gasteiger partial charge in [0, 0.05) is 111 Å². The molecule has 0 atom stereocenters. The number of carbonyl (C=O) groups excluding carboxylic acids is 12. The van der Waals surface area contributed by atoms with E-state index >= 15 is 0 Å². The molecule has 0 spiro atoms. The van der Waals surface area contributed by atoms with Gasteiger partial charge < -0.3 is 46.3 Å². The van der Waals surface area contributed by atoms with E-state index < -0.39 is 17.7 Å². The molecule has 18 nitrogen and oxygen atoms in total. The molecular weight excluding hydrogens is 889 g/mol. The van der Waals surface area contributed by atoms with Crippen molar-refractivity contribution in [2.24, 2.45) is 0 Å². The molecule has 0 aliphatic rings. The summed E-state index contributed by atoms with van der Waals surface area (Å²) in [7, 11) is 0. The molecule has 0 saturated heterocycles. The molecule has 0 fully saturated rings. The Morgan fingerprint density at radius 3 is 0.710 bits per heavy atom. The van der Waals surface area contributed by atoms with Gasteiger partial charge in [-0.15, -0.1) is 0 Å². The second-order valence-electron chi connectivity index (χ2n) is 16.9. The van der Waals surface area contributed by atoms with Crippen LogP contribution in [0.5, 0.6) is 0 Å². The van der Waals surface area contributed by atoms with Crippen molar-refractivity contribution >= 4 is 70.1 Å². The van der Waals surface area contributed by atoms with Gasteiger partial charge in [0.05, 0.1) is 0 Å². The van der Waals surface area contributed by atoms with Crippen LogP contribution in [0.3, 0.4) is 0 Å². The molecule has 18 heteroatoms. The van der Waals surface area contributed by atoms with Gasteiger partial charge in [0.25, 0.3) is 17.7 Å². The lowest BCUT2D eigenvalue weighted by atomic mass is 10.00. The third-order valence-electron chi connectivity index (χ3n) is 10.3. The third kappa shape index (κ3) is 28.9. The normalized spacial score (nSPS) is 10.3. The molecule has 0 unspecified atom stereocenters. The van der Waals surface area contributed by atoms with Crippen molar-refractivity contribution in [2.45, 2.75) is 138 Å². The minimum absolute atomic E-state index is 0.0697. The number of Topliss-reactive ketones (excluding diaryl/α,β-unsaturated/α-hetero) is 6. The summed E-state index contributed by atoms with van der Waals surface area (Å²) in [5.74, 6) is -2.11. The van der Waals surface area contributed by atoms with Crippen molar-refractivity contribution in [2.75, 3.05) is 39.3 Å². The van der Waals surface area contributed by atoms with Crippen molar-refractivity contribution in [1.29, 1.82) is 0 Å². The van der Waals surface area contributed by atoms with Crippen LogP contribution in [0, 0.1) is 0 Å². The van der Waals surface area contributed by atoms with Crippen LogP contribution < -0.4 is 31.9 Å². The minimum atomic E-state index is -0.490. The minimum Gasteiger partial charge on any atom is -0.356 e. The van der Waals surface area contributed by atoms with E-state index in [4.69, 9.17) is 0 Å². The first-order valence-electron chi connectivity index (χ1n) is 23.7. The summed E-state index contributed by atoms with van der Waals surface area (Å²) in [6.07, 6.45) is 6.94. The number of amides is 6. The average molecular weight is 961 g/mol. The molecule has 0 radical (unpaired) electrons. The summed E-state index contributed by atoms with van der Waals surface area (Å²) in [5.41, 5.74) is 1.52. The van der Waals surface area contributed by atoms with Gasteiger partial charge in [0.15, 0.2) is 17.3 Å². The largest absolute Gasteiger partial charge is 0.356 e. The first-order chi connectivity index (χ1) is 32.7. The van der Waals surface area contributed by atoms with E-state index in [1.54, 1.807) is 0 Å². The molecule has 2 aromatic carbocycles. The molecule has 0 heterocycles. The van der Waals surface area contributed by atoms with Crippen LogP contribution in [0.25, 0.3) is 0 Å². The van der Waals surface area contributed by atoms with E-state index in [0.717, 1.165) is 0 Å². The van der Waals surface area contributed by atoms with Crippen LogP contribution in [0.2, 0.25) is 0 Å². The van der Waals surface area contributed by atoms with Crippen molar-refractivity contribution < 1.29 is 57.5 Å². The monoisotopic (exact) mass is 961 g/mol. The molecule has 2 rings (SSSR count). The van der Waals surface area contributed by atoms with Gasteiger partial charge in [-0.05, 0) is 136 Å². The van der Waals surface area contributed by atoms with Gasteiger partial charge in [-0.25, -0.2) is 0 Å². The second kappa shape index (κ2) is 34.6. The van der Waals surface area contributed by atoms with E-state index in [1.165, 1.54) is 77.9 Å². The second-order valence-corrected chi connectivity index (χ2v) is 16.9. The summed E-state index contributed by atoms with van der Waals surface area (Å²) in [5, 5.41) is 16.6. The molecule has 0 aliphatic heterocycles. The van der Waals surface area contributed by atoms with Gasteiger partial charge in [-0.3, -0.25) is 43.2 Å². The summed E-state index contributed by atoms with van der Waals surface area (Å²) in [6.45, 7) is 10.8. The number of hydrogen-bond donors (Lipinski definition) is 6. The van der Waals surface area contributed by atoms with Crippen molar-refractivity contribution in [3.63, 3.8) is 0 Å². The van der Waals surface area contributed by atoms with E-state index in [1.807, 2.05) is 0 Å². The predicted octanol–water partition coefficient (Wildman–Crippen LogP) is 5.14. The van der Waals surface area contributed by atoms with Crippen LogP contribution in [0.4, 0.5) is 0 Å². The predicted molar refractivity (Wildman–Crippen MR) is 260 cm³/mol. The molecule has 0 aromatic heterocycles. The zero-order valence-electron chi connectivity index (χ0n) is 41.2. The fourth-order valence-corrected chi connectivity index (χ4v) is 6.36. The number of nitrogens with one attached hydrogen (secondary N) is 6. The highest BCUT2D eigenvalue weighted by atomic mass is 16.2. The average Bonchev–Trinajstić information content (AvgIpc) is 3.29. The van der Waals surface area contributed by atoms with Gasteiger partial charge in [-0.2, -0.15) is 0 Å². The van der Waals surface area contributed by atoms with Crippen LogP contribution in [0.1, 0.15) is 200 Å². The van der Waals surface area contributed by atoms with E-state index in [9.17, 15) is 57.5 Å². The van der Waals surface area contributed by atoms with Gasteiger partial charge in [-0.1, -0.05) is 0 Å². The van der Waals surface area contributed by atoms with E-state index in [2.05, 4.69) is 31.9 Å². The highest BCUT2D eigenvalue weighted by Crippen LogP contribution is 2.14. The standard InChI is InChI=1S/C39H60N6O9.C12H12O3/c1-28(46)13-10-22-40-34(49)16-4-7-19-43-37(52)31-25-32(38(53)44-20-8-5-17-35(50)41-23-11-14-29(2)47)27-33(26-31)39(54)45-21-9-6-18-36(51)42-24-12-15-30(3)48;1-7(13)10-4-11(8(2)14)6-12(5-10)9(3)15/h25-27H,4-24H2,1-3H3,(H,40,49)(H,41,50)(H,42,51)(H,43,52)(H,44,53)(H,45,54);4-6H,1-3H3. The molecule has 6 amide bonds. The first kappa shape index (κ1) is 60.3. The maximum absolute atomic E-state index is 13.1. The maximum atomic E-state index is 13.1. The number of hydrogen-bond acceptors (Lipinski definition) is 12. The number of carbonyl (C=O) groups is 12. The number of ketones is 6. The van der Waals surface area contributed by atoms with E-state index in [0.29, 0.717) is 113 Å². The van der Waals surface area contributed by atoms with Crippen molar-refractivity contribution in [1.82, 2.24) is 31.9 Å². The Bertz CT molecular complexity index is 1870. The Morgan fingerprint density at radius 1 is 0.275 bits per heavy atom. The van der Waals surface area contributed by atoms with Crippen LogP contribution in [0.15, 0.2) is 36.4 Å². The Kier molecular flexibility index (Phi) is 30.2. The number of unbranched alkanes of at least 4 members (excludes halogenated alkanes) is 3. The lowest BCUT2D eigenvalue weighted by Gasteiger charge is -2.12. The quantitative estimate of drug-likeness (QED) is 0.0401. The van der Waals surface area contributed by atoms with Crippen molar-refractivity contribution in [3.05, 3.63) is 69.8 Å². The van der Waals surface area contributed by atoms with Crippen LogP contribution >= 0.6 is 0 Å². The zero-order valence-corrected chi connectivity index (χ0v) is 41.2. The lowest BCUT2D eigenvalue weighted by Crippen LogP contribution is -2.30. The Hall–Kier alpha value is -6.72. The molecule has 6 N–H and O–H groups in total. The molecule has 69 heavy (non-hydrogen) atoms. The zero-order chi connectivity index (χ0) is 51.7. The smallest absolute Gasteiger partial charge is 0.251 e. The number of benzene rings is 2. The van der Waals surface area contributed by atoms with Gasteiger partial charge in [0.1, 0.15) is 17.3 Å². The molecule has 0 bridgehead atoms. The molecular formula is C51H72N6O12. The van der Waals surface area contributed by atoms with Gasteiger partial charge >= 0.3 is 0 Å². The topological polar surface area (TPSA) is 277 Å². The molecule has 0 aliphatic carbocycles. The van der Waals surface area contributed by atoms with Crippen molar-refractivity contribution in [3.8, 4) is 0 Å². The lowest BCUT2D eigenvalue weighted by molar-refractivity contribution is -0.122. The Morgan fingerprint density at radius 2 is 0.493 bits per heavy atom. The fourth-order valence-electron chi connectivity index (χ4n) is 6.36. The van der Waals surface area contributed by atoms with Crippen LogP contribution in [-0.4, -0.2) is 109 Å². The van der Waals surface area contributed by atoms with Gasteiger partial charge in [0.2, 0.25) is 17.7 Å². The fraction of sp³-hybridized carbons (Fsp3) is 0.529. The Labute approximate surface area is 405 Å². The third-order valence-corrected chi connectivity index (χ3v) is 10.3. The summed E-state index contributed by atoms with van der Waals surface area (Å²) < 4.78 is 0. The van der Waals surface area contributed by atoms with Crippen LogP contribution in [-0.2, 0) is 28.8 Å². The Balaban J connectivity index is 0.00000134. The first-order valence-corrected chi connectivity index (χ1v) is 23.7. The maximum Gasteiger partial charge on any atom is 0.251 e. The molecule has 378 valence electrons. The number of rotatable bonds is 33. The molecule has 2 aromatic rings. The SMILES string of the molecule is CC(=O)CCCNC(=O)CCCCNC(=O)c1cc(C(=O)NCCCCC(=O)NCCCC(C)=O)cc(C(=O)NCCCCC(=O)NCCCC(C)=O)c1.CC(=O)c1cc(C(C)=O)cc(C(C)=O)c1.